The highest BCUT2D eigenvalue weighted by Gasteiger charge is 2.26. The number of carbonyl (C=O) groups is 1. The lowest BCUT2D eigenvalue weighted by atomic mass is 9.81. The van der Waals surface area contributed by atoms with Gasteiger partial charge in [-0.2, -0.15) is 0 Å². The number of hydrogen-bond donors (Lipinski definition) is 2. The highest BCUT2D eigenvalue weighted by Crippen LogP contribution is 2.32. The zero-order chi connectivity index (χ0) is 15.2. The minimum absolute atomic E-state index is 0.0585. The Bertz CT molecular complexity index is 436. The Morgan fingerprint density at radius 2 is 1.81 bits per heavy atom. The fourth-order valence-corrected chi connectivity index (χ4v) is 3.29. The normalized spacial score (nSPS) is 23.8. The lowest BCUT2D eigenvalue weighted by Crippen LogP contribution is -2.44. The Labute approximate surface area is 128 Å². The number of amides is 1. The first kappa shape index (κ1) is 16.0. The third kappa shape index (κ3) is 4.31. The molecule has 1 amide bonds. The highest BCUT2D eigenvalue weighted by atomic mass is 16.2. The zero-order valence-corrected chi connectivity index (χ0v) is 13.2. The molecule has 0 heterocycles. The molecular formula is C18H28N2O. The van der Waals surface area contributed by atoms with Crippen LogP contribution in [0.3, 0.4) is 0 Å². The van der Waals surface area contributed by atoms with Crippen molar-refractivity contribution in [1.29, 1.82) is 0 Å². The molecule has 3 nitrogen and oxygen atoms in total. The van der Waals surface area contributed by atoms with Gasteiger partial charge >= 0.3 is 0 Å². The topological polar surface area (TPSA) is 55.1 Å². The van der Waals surface area contributed by atoms with Crippen LogP contribution >= 0.6 is 0 Å². The molecule has 1 fully saturated rings. The van der Waals surface area contributed by atoms with E-state index < -0.39 is 0 Å². The largest absolute Gasteiger partial charge is 0.353 e. The summed E-state index contributed by atoms with van der Waals surface area (Å²) in [6, 6.07) is 11.0. The molecule has 0 aliphatic heterocycles. The van der Waals surface area contributed by atoms with Crippen molar-refractivity contribution in [3.8, 4) is 0 Å². The summed E-state index contributed by atoms with van der Waals surface area (Å²) in [4.78, 5) is 12.2. The molecule has 21 heavy (non-hydrogen) atoms. The molecule has 0 radical (unpaired) electrons. The average molecular weight is 288 g/mol. The van der Waals surface area contributed by atoms with Gasteiger partial charge in [0.05, 0.1) is 5.92 Å². The Kier molecular flexibility index (Phi) is 5.80. The van der Waals surface area contributed by atoms with Crippen molar-refractivity contribution in [3.05, 3.63) is 35.9 Å². The summed E-state index contributed by atoms with van der Waals surface area (Å²) in [5.74, 6) is 1.03. The van der Waals surface area contributed by atoms with E-state index in [-0.39, 0.29) is 11.8 Å². The SMILES string of the molecule is CC(C)C(CN)C(=O)NC1CCC(c2ccccc2)CC1. The second-order valence-electron chi connectivity index (χ2n) is 6.55. The van der Waals surface area contributed by atoms with Crippen molar-refractivity contribution >= 4 is 5.91 Å². The number of nitrogens with two attached hydrogens (primary N) is 1. The minimum atomic E-state index is -0.0585. The summed E-state index contributed by atoms with van der Waals surface area (Å²) in [6.07, 6.45) is 4.45. The van der Waals surface area contributed by atoms with E-state index in [1.165, 1.54) is 5.56 Å². The van der Waals surface area contributed by atoms with Crippen LogP contribution in [0.5, 0.6) is 0 Å². The van der Waals surface area contributed by atoms with Crippen LogP contribution in [0.1, 0.15) is 51.0 Å². The van der Waals surface area contributed by atoms with Crippen molar-refractivity contribution in [1.82, 2.24) is 5.32 Å². The summed E-state index contributed by atoms with van der Waals surface area (Å²) in [7, 11) is 0. The molecule has 1 aromatic carbocycles. The fraction of sp³-hybridized carbons (Fsp3) is 0.611. The van der Waals surface area contributed by atoms with Crippen molar-refractivity contribution < 1.29 is 4.79 Å². The summed E-state index contributed by atoms with van der Waals surface area (Å²) in [5, 5.41) is 3.20. The number of benzene rings is 1. The number of rotatable bonds is 5. The van der Waals surface area contributed by atoms with E-state index in [1.54, 1.807) is 0 Å². The van der Waals surface area contributed by atoms with Gasteiger partial charge in [-0.1, -0.05) is 44.2 Å². The van der Waals surface area contributed by atoms with Gasteiger partial charge in [0, 0.05) is 12.6 Å². The monoisotopic (exact) mass is 288 g/mol. The molecule has 1 aliphatic rings. The van der Waals surface area contributed by atoms with Crippen molar-refractivity contribution in [2.75, 3.05) is 6.54 Å². The van der Waals surface area contributed by atoms with Gasteiger partial charge in [0.25, 0.3) is 0 Å². The predicted molar refractivity (Wildman–Crippen MR) is 87.0 cm³/mol. The van der Waals surface area contributed by atoms with Crippen molar-refractivity contribution in [3.63, 3.8) is 0 Å². The average Bonchev–Trinajstić information content (AvgIpc) is 2.49. The number of hydrogen-bond acceptors (Lipinski definition) is 2. The van der Waals surface area contributed by atoms with Gasteiger partial charge < -0.3 is 11.1 Å². The smallest absolute Gasteiger partial charge is 0.224 e. The summed E-state index contributed by atoms with van der Waals surface area (Å²) in [6.45, 7) is 4.55. The second-order valence-corrected chi connectivity index (χ2v) is 6.55. The molecule has 1 atom stereocenters. The van der Waals surface area contributed by atoms with E-state index in [4.69, 9.17) is 5.73 Å². The molecule has 0 aromatic heterocycles. The van der Waals surface area contributed by atoms with Crippen LogP contribution in [0.15, 0.2) is 30.3 Å². The van der Waals surface area contributed by atoms with Gasteiger partial charge in [0.1, 0.15) is 0 Å². The van der Waals surface area contributed by atoms with Crippen LogP contribution < -0.4 is 11.1 Å². The standard InChI is InChI=1S/C18H28N2O/c1-13(2)17(12-19)18(21)20-16-10-8-15(9-11-16)14-6-4-3-5-7-14/h3-7,13,15-17H,8-12,19H2,1-2H3,(H,20,21). The number of carbonyl (C=O) groups excluding carboxylic acids is 1. The van der Waals surface area contributed by atoms with Gasteiger partial charge in [-0.15, -0.1) is 0 Å². The van der Waals surface area contributed by atoms with Gasteiger partial charge in [0.2, 0.25) is 5.91 Å². The summed E-state index contributed by atoms with van der Waals surface area (Å²) < 4.78 is 0. The van der Waals surface area contributed by atoms with Crippen LogP contribution in [0, 0.1) is 11.8 Å². The molecule has 1 aliphatic carbocycles. The van der Waals surface area contributed by atoms with E-state index in [0.29, 0.717) is 24.4 Å². The first-order valence-corrected chi connectivity index (χ1v) is 8.17. The molecule has 3 N–H and O–H groups in total. The second kappa shape index (κ2) is 7.60. The van der Waals surface area contributed by atoms with Crippen LogP contribution in [0.25, 0.3) is 0 Å². The summed E-state index contributed by atoms with van der Waals surface area (Å²) in [5.41, 5.74) is 7.15. The van der Waals surface area contributed by atoms with Gasteiger partial charge in [0.15, 0.2) is 0 Å². The predicted octanol–water partition coefficient (Wildman–Crippen LogP) is 3.06. The molecule has 0 bridgehead atoms. The van der Waals surface area contributed by atoms with Crippen LogP contribution in [-0.4, -0.2) is 18.5 Å². The van der Waals surface area contributed by atoms with Gasteiger partial charge in [-0.05, 0) is 43.1 Å². The number of nitrogens with one attached hydrogen (secondary N) is 1. The molecule has 1 saturated carbocycles. The van der Waals surface area contributed by atoms with Gasteiger partial charge in [-0.25, -0.2) is 0 Å². The van der Waals surface area contributed by atoms with Crippen molar-refractivity contribution in [2.45, 2.75) is 51.5 Å². The highest BCUT2D eigenvalue weighted by molar-refractivity contribution is 5.79. The molecule has 1 unspecified atom stereocenters. The summed E-state index contributed by atoms with van der Waals surface area (Å²) >= 11 is 0. The molecule has 2 rings (SSSR count). The molecular weight excluding hydrogens is 260 g/mol. The Hall–Kier alpha value is -1.35. The lowest BCUT2D eigenvalue weighted by molar-refractivity contribution is -0.126. The Morgan fingerprint density at radius 3 is 2.33 bits per heavy atom. The fourth-order valence-electron chi connectivity index (χ4n) is 3.29. The minimum Gasteiger partial charge on any atom is -0.353 e. The van der Waals surface area contributed by atoms with Crippen molar-refractivity contribution in [2.24, 2.45) is 17.6 Å². The Morgan fingerprint density at radius 1 is 1.19 bits per heavy atom. The van der Waals surface area contributed by atoms with Crippen LogP contribution in [0.4, 0.5) is 0 Å². The maximum absolute atomic E-state index is 12.2. The maximum Gasteiger partial charge on any atom is 0.224 e. The first-order valence-electron chi connectivity index (χ1n) is 8.17. The van der Waals surface area contributed by atoms with E-state index in [0.717, 1.165) is 25.7 Å². The molecule has 1 aromatic rings. The van der Waals surface area contributed by atoms with E-state index in [1.807, 2.05) is 0 Å². The van der Waals surface area contributed by atoms with E-state index >= 15 is 0 Å². The zero-order valence-electron chi connectivity index (χ0n) is 13.2. The lowest BCUT2D eigenvalue weighted by Gasteiger charge is -2.31. The third-order valence-electron chi connectivity index (χ3n) is 4.74. The van der Waals surface area contributed by atoms with Gasteiger partial charge in [-0.3, -0.25) is 4.79 Å². The molecule has 3 heteroatoms. The van der Waals surface area contributed by atoms with Crippen LogP contribution in [0.2, 0.25) is 0 Å². The molecule has 116 valence electrons. The third-order valence-corrected chi connectivity index (χ3v) is 4.74. The molecule has 0 spiro atoms. The van der Waals surface area contributed by atoms with E-state index in [2.05, 4.69) is 49.5 Å². The quantitative estimate of drug-likeness (QED) is 0.875. The van der Waals surface area contributed by atoms with E-state index in [9.17, 15) is 4.79 Å². The first-order chi connectivity index (χ1) is 10.1. The van der Waals surface area contributed by atoms with Crippen LogP contribution in [-0.2, 0) is 4.79 Å². The maximum atomic E-state index is 12.2. The molecule has 0 saturated heterocycles. The Balaban J connectivity index is 1.83.